The van der Waals surface area contributed by atoms with Gasteiger partial charge in [-0.2, -0.15) is 0 Å². The maximum Gasteiger partial charge on any atom is 0.243 e. The van der Waals surface area contributed by atoms with Crippen LogP contribution in [-0.2, 0) is 10.0 Å². The van der Waals surface area contributed by atoms with Gasteiger partial charge < -0.3 is 5.11 Å². The molecule has 1 aromatic heterocycles. The van der Waals surface area contributed by atoms with Gasteiger partial charge in [-0.3, -0.25) is 0 Å². The van der Waals surface area contributed by atoms with E-state index in [-0.39, 0.29) is 22.2 Å². The topological polar surface area (TPSA) is 79.3 Å². The first-order valence-corrected chi connectivity index (χ1v) is 8.55. The quantitative estimate of drug-likeness (QED) is 0.800. The van der Waals surface area contributed by atoms with Crippen LogP contribution < -0.4 is 4.72 Å². The largest absolute Gasteiger partial charge is 0.393 e. The highest BCUT2D eigenvalue weighted by molar-refractivity contribution is 9.10. The van der Waals surface area contributed by atoms with Crippen molar-refractivity contribution in [3.63, 3.8) is 0 Å². The van der Waals surface area contributed by atoms with E-state index < -0.39 is 10.0 Å². The highest BCUT2D eigenvalue weighted by Crippen LogP contribution is 2.25. The molecule has 0 saturated heterocycles. The van der Waals surface area contributed by atoms with Crippen LogP contribution in [0.1, 0.15) is 25.7 Å². The third-order valence-electron chi connectivity index (χ3n) is 3.08. The number of hydrogen-bond acceptors (Lipinski definition) is 4. The summed E-state index contributed by atoms with van der Waals surface area (Å²) in [4.78, 5) is 3.78. The summed E-state index contributed by atoms with van der Waals surface area (Å²) in [5.41, 5.74) is 0. The SMILES string of the molecule is O=S(=O)(N[C@H]1CC[C@H](O)CC1)c1cc(Br)cnc1Cl. The van der Waals surface area contributed by atoms with E-state index in [9.17, 15) is 13.5 Å². The van der Waals surface area contributed by atoms with Gasteiger partial charge in [0.2, 0.25) is 10.0 Å². The Hall–Kier alpha value is -0.210. The zero-order valence-corrected chi connectivity index (χ0v) is 13.2. The Bertz CT molecular complexity index is 559. The Morgan fingerprint density at radius 1 is 1.37 bits per heavy atom. The van der Waals surface area contributed by atoms with Crippen molar-refractivity contribution in [2.75, 3.05) is 0 Å². The van der Waals surface area contributed by atoms with Gasteiger partial charge in [0.1, 0.15) is 10.0 Å². The Balaban J connectivity index is 2.16. The molecule has 0 spiro atoms. The average Bonchev–Trinajstić information content (AvgIpc) is 2.35. The van der Waals surface area contributed by atoms with Crippen LogP contribution in [0.15, 0.2) is 21.6 Å². The molecule has 0 amide bonds. The predicted molar refractivity (Wildman–Crippen MR) is 75.5 cm³/mol. The number of aliphatic hydroxyl groups is 1. The normalized spacial score (nSPS) is 24.4. The lowest BCUT2D eigenvalue weighted by Crippen LogP contribution is -2.38. The van der Waals surface area contributed by atoms with E-state index >= 15 is 0 Å². The molecule has 0 bridgehead atoms. The van der Waals surface area contributed by atoms with Crippen molar-refractivity contribution in [2.45, 2.75) is 42.7 Å². The van der Waals surface area contributed by atoms with Gasteiger partial charge in [-0.25, -0.2) is 18.1 Å². The van der Waals surface area contributed by atoms with Gasteiger partial charge in [0.25, 0.3) is 0 Å². The first-order valence-electron chi connectivity index (χ1n) is 5.90. The van der Waals surface area contributed by atoms with Crippen molar-refractivity contribution in [3.05, 3.63) is 21.9 Å². The van der Waals surface area contributed by atoms with E-state index in [0.717, 1.165) is 0 Å². The van der Waals surface area contributed by atoms with Gasteiger partial charge in [-0.05, 0) is 47.7 Å². The van der Waals surface area contributed by atoms with Crippen molar-refractivity contribution < 1.29 is 13.5 Å². The highest BCUT2D eigenvalue weighted by atomic mass is 79.9. The summed E-state index contributed by atoms with van der Waals surface area (Å²) in [5, 5.41) is 9.36. The fraction of sp³-hybridized carbons (Fsp3) is 0.545. The fourth-order valence-electron chi connectivity index (χ4n) is 2.07. The Labute approximate surface area is 125 Å². The van der Waals surface area contributed by atoms with E-state index in [1.807, 2.05) is 0 Å². The fourth-order valence-corrected chi connectivity index (χ4v) is 4.32. The molecule has 5 nitrogen and oxygen atoms in total. The molecule has 1 aromatic rings. The average molecular weight is 370 g/mol. The van der Waals surface area contributed by atoms with Crippen molar-refractivity contribution in [1.29, 1.82) is 0 Å². The molecule has 0 aromatic carbocycles. The summed E-state index contributed by atoms with van der Waals surface area (Å²) in [6.07, 6.45) is 3.59. The number of aliphatic hydroxyl groups excluding tert-OH is 1. The van der Waals surface area contributed by atoms with Crippen LogP contribution in [0.3, 0.4) is 0 Å². The maximum absolute atomic E-state index is 12.2. The van der Waals surface area contributed by atoms with Gasteiger partial charge >= 0.3 is 0 Å². The molecule has 1 saturated carbocycles. The van der Waals surface area contributed by atoms with Gasteiger partial charge in [0.05, 0.1) is 6.10 Å². The smallest absolute Gasteiger partial charge is 0.243 e. The Morgan fingerprint density at radius 2 is 2.00 bits per heavy atom. The summed E-state index contributed by atoms with van der Waals surface area (Å²) >= 11 is 9.01. The van der Waals surface area contributed by atoms with Crippen molar-refractivity contribution in [1.82, 2.24) is 9.71 Å². The highest BCUT2D eigenvalue weighted by Gasteiger charge is 2.26. The van der Waals surface area contributed by atoms with Crippen molar-refractivity contribution >= 4 is 37.6 Å². The molecule has 0 aliphatic heterocycles. The van der Waals surface area contributed by atoms with E-state index in [1.54, 1.807) is 0 Å². The number of halogens is 2. The molecule has 2 rings (SSSR count). The van der Waals surface area contributed by atoms with E-state index in [4.69, 9.17) is 11.6 Å². The number of nitrogens with one attached hydrogen (secondary N) is 1. The summed E-state index contributed by atoms with van der Waals surface area (Å²) in [7, 11) is -3.69. The number of aromatic nitrogens is 1. The monoisotopic (exact) mass is 368 g/mol. The lowest BCUT2D eigenvalue weighted by atomic mass is 9.94. The molecule has 2 N–H and O–H groups in total. The van der Waals surface area contributed by atoms with Crippen molar-refractivity contribution in [2.24, 2.45) is 0 Å². The third kappa shape index (κ3) is 3.88. The van der Waals surface area contributed by atoms with Crippen LogP contribution in [0, 0.1) is 0 Å². The zero-order chi connectivity index (χ0) is 14.0. The number of rotatable bonds is 3. The minimum Gasteiger partial charge on any atom is -0.393 e. The van der Waals surface area contributed by atoms with Gasteiger partial charge in [0.15, 0.2) is 0 Å². The lowest BCUT2D eigenvalue weighted by Gasteiger charge is -2.26. The Morgan fingerprint density at radius 3 is 2.63 bits per heavy atom. The Kier molecular flexibility index (Phi) is 4.84. The van der Waals surface area contributed by atoms with Crippen LogP contribution in [0.25, 0.3) is 0 Å². The van der Waals surface area contributed by atoms with Gasteiger partial charge in [-0.1, -0.05) is 11.6 Å². The first-order chi connectivity index (χ1) is 8.88. The number of nitrogens with zero attached hydrogens (tertiary/aromatic N) is 1. The second kappa shape index (κ2) is 6.05. The van der Waals surface area contributed by atoms with Crippen molar-refractivity contribution in [3.8, 4) is 0 Å². The van der Waals surface area contributed by atoms with Gasteiger partial charge in [0, 0.05) is 16.7 Å². The second-order valence-corrected chi connectivity index (χ2v) is 7.53. The molecule has 0 atom stereocenters. The first kappa shape index (κ1) is 15.2. The van der Waals surface area contributed by atoms with Crippen LogP contribution in [-0.4, -0.2) is 30.7 Å². The van der Waals surface area contributed by atoms with Crippen LogP contribution in [0.5, 0.6) is 0 Å². The third-order valence-corrected chi connectivity index (χ3v) is 5.46. The number of sulfonamides is 1. The lowest BCUT2D eigenvalue weighted by molar-refractivity contribution is 0.120. The summed E-state index contributed by atoms with van der Waals surface area (Å²) in [6, 6.07) is 1.26. The molecule has 1 aliphatic carbocycles. The van der Waals surface area contributed by atoms with E-state index in [1.165, 1.54) is 12.3 Å². The number of hydrogen-bond donors (Lipinski definition) is 2. The molecule has 19 heavy (non-hydrogen) atoms. The molecular formula is C11H14BrClN2O3S. The van der Waals surface area contributed by atoms with Gasteiger partial charge in [-0.15, -0.1) is 0 Å². The second-order valence-electron chi connectivity index (χ2n) is 4.57. The van der Waals surface area contributed by atoms with Crippen LogP contribution >= 0.6 is 27.5 Å². The molecular weight excluding hydrogens is 356 g/mol. The molecule has 0 radical (unpaired) electrons. The van der Waals surface area contributed by atoms with Crippen LogP contribution in [0.2, 0.25) is 5.15 Å². The summed E-state index contributed by atoms with van der Waals surface area (Å²) in [5.74, 6) is 0. The maximum atomic E-state index is 12.2. The predicted octanol–water partition coefficient (Wildman–Crippen LogP) is 2.08. The molecule has 1 heterocycles. The molecule has 106 valence electrons. The summed E-state index contributed by atoms with van der Waals surface area (Å²) < 4.78 is 27.6. The number of pyridine rings is 1. The van der Waals surface area contributed by atoms with Crippen LogP contribution in [0.4, 0.5) is 0 Å². The summed E-state index contributed by atoms with van der Waals surface area (Å²) in [6.45, 7) is 0. The van der Waals surface area contributed by atoms with E-state index in [2.05, 4.69) is 25.6 Å². The minimum absolute atomic E-state index is 0.0327. The van der Waals surface area contributed by atoms with E-state index in [0.29, 0.717) is 30.2 Å². The molecule has 1 aliphatic rings. The minimum atomic E-state index is -3.69. The standard InChI is InChI=1S/C11H14BrClN2O3S/c12-7-5-10(11(13)14-6-7)19(17,18)15-8-1-3-9(16)4-2-8/h5-6,8-9,15-16H,1-4H2/t8-,9-. The molecule has 1 fully saturated rings. The molecule has 8 heteroatoms. The molecule has 0 unspecified atom stereocenters. The zero-order valence-electron chi connectivity index (χ0n) is 10.0.